The summed E-state index contributed by atoms with van der Waals surface area (Å²) in [5, 5.41) is 9.58. The number of amides is 1. The molecular formula is C24H37N3O3S. The lowest BCUT2D eigenvalue weighted by Gasteiger charge is -2.37. The van der Waals surface area contributed by atoms with Gasteiger partial charge in [-0.1, -0.05) is 32.9 Å². The molecule has 31 heavy (non-hydrogen) atoms. The van der Waals surface area contributed by atoms with Gasteiger partial charge >= 0.3 is 0 Å². The molecule has 1 aromatic carbocycles. The second kappa shape index (κ2) is 9.20. The van der Waals surface area contributed by atoms with E-state index >= 15 is 0 Å². The van der Waals surface area contributed by atoms with E-state index in [0.717, 1.165) is 44.3 Å². The Labute approximate surface area is 186 Å². The molecule has 3 N–H and O–H groups in total. The number of benzene rings is 1. The van der Waals surface area contributed by atoms with Gasteiger partial charge in [0, 0.05) is 12.6 Å². The van der Waals surface area contributed by atoms with Crippen LogP contribution in [0, 0.1) is 23.7 Å². The summed E-state index contributed by atoms with van der Waals surface area (Å²) in [5.41, 5.74) is 0.919. The van der Waals surface area contributed by atoms with Gasteiger partial charge in [-0.2, -0.15) is 0 Å². The Morgan fingerprint density at radius 1 is 1.06 bits per heavy atom. The molecule has 4 rings (SSSR count). The van der Waals surface area contributed by atoms with Crippen LogP contribution in [0.25, 0.3) is 0 Å². The van der Waals surface area contributed by atoms with Crippen molar-refractivity contribution in [1.82, 2.24) is 16.0 Å². The number of sulfone groups is 1. The number of rotatable bonds is 5. The van der Waals surface area contributed by atoms with Gasteiger partial charge in [0.2, 0.25) is 5.91 Å². The number of hydrogen-bond donors (Lipinski definition) is 3. The maximum Gasteiger partial charge on any atom is 0.237 e. The highest BCUT2D eigenvalue weighted by Crippen LogP contribution is 2.39. The molecule has 7 heteroatoms. The highest BCUT2D eigenvalue weighted by atomic mass is 32.2. The van der Waals surface area contributed by atoms with Crippen molar-refractivity contribution in [3.63, 3.8) is 0 Å². The van der Waals surface area contributed by atoms with E-state index in [4.69, 9.17) is 0 Å². The van der Waals surface area contributed by atoms with Crippen molar-refractivity contribution < 1.29 is 13.2 Å². The molecular weight excluding hydrogens is 410 g/mol. The fourth-order valence-corrected chi connectivity index (χ4v) is 8.55. The minimum Gasteiger partial charge on any atom is -0.351 e. The van der Waals surface area contributed by atoms with Crippen LogP contribution in [0.1, 0.15) is 52.0 Å². The fraction of sp³-hybridized carbons (Fsp3) is 0.708. The predicted molar refractivity (Wildman–Crippen MR) is 122 cm³/mol. The van der Waals surface area contributed by atoms with Crippen LogP contribution in [0.5, 0.6) is 0 Å². The molecule has 1 amide bonds. The van der Waals surface area contributed by atoms with E-state index < -0.39 is 9.84 Å². The maximum atomic E-state index is 13.3. The molecule has 2 aliphatic heterocycles. The molecule has 1 saturated carbocycles. The number of carbonyl (C=O) groups excluding carboxylic acids is 1. The highest BCUT2D eigenvalue weighted by Gasteiger charge is 2.41. The summed E-state index contributed by atoms with van der Waals surface area (Å²) in [7, 11) is -3.36. The zero-order chi connectivity index (χ0) is 22.2. The maximum absolute atomic E-state index is 13.3. The summed E-state index contributed by atoms with van der Waals surface area (Å²) in [6.45, 7) is 8.76. The van der Waals surface area contributed by atoms with Crippen LogP contribution in [0.15, 0.2) is 29.2 Å². The van der Waals surface area contributed by atoms with Gasteiger partial charge in [-0.25, -0.2) is 8.42 Å². The first-order valence-corrected chi connectivity index (χ1v) is 13.4. The molecule has 0 aromatic heterocycles. The number of hydrogen-bond acceptors (Lipinski definition) is 5. The lowest BCUT2D eigenvalue weighted by Crippen LogP contribution is -2.45. The van der Waals surface area contributed by atoms with Crippen LogP contribution < -0.4 is 16.0 Å². The minimum absolute atomic E-state index is 0.0325. The first-order chi connectivity index (χ1) is 14.8. The Morgan fingerprint density at radius 2 is 1.74 bits per heavy atom. The lowest BCUT2D eigenvalue weighted by molar-refractivity contribution is -0.123. The summed E-state index contributed by atoms with van der Waals surface area (Å²) in [5.74, 6) is 1.48. The summed E-state index contributed by atoms with van der Waals surface area (Å²) in [6.07, 6.45) is 3.87. The quantitative estimate of drug-likeness (QED) is 0.646. The molecule has 3 fully saturated rings. The largest absolute Gasteiger partial charge is 0.351 e. The van der Waals surface area contributed by atoms with Gasteiger partial charge in [0.15, 0.2) is 9.84 Å². The topological polar surface area (TPSA) is 87.3 Å². The van der Waals surface area contributed by atoms with Gasteiger partial charge in [-0.05, 0) is 80.1 Å². The van der Waals surface area contributed by atoms with Crippen molar-refractivity contribution in [3.05, 3.63) is 29.8 Å². The third-order valence-electron chi connectivity index (χ3n) is 7.62. The lowest BCUT2D eigenvalue weighted by atomic mass is 9.77. The Bertz CT molecular complexity index is 860. The highest BCUT2D eigenvalue weighted by molar-refractivity contribution is 7.92. The van der Waals surface area contributed by atoms with E-state index in [9.17, 15) is 13.2 Å². The summed E-state index contributed by atoms with van der Waals surface area (Å²) >= 11 is 0. The third-order valence-corrected chi connectivity index (χ3v) is 10.2. The van der Waals surface area contributed by atoms with E-state index in [1.165, 1.54) is 0 Å². The van der Waals surface area contributed by atoms with E-state index in [2.05, 4.69) is 36.7 Å². The number of fused-ring (bicyclic) bond motifs is 1. The zero-order valence-corrected chi connectivity index (χ0v) is 19.8. The van der Waals surface area contributed by atoms with E-state index in [1.54, 1.807) is 12.1 Å². The normalized spacial score (nSPS) is 36.0. The molecule has 5 unspecified atom stereocenters. The number of carbonyl (C=O) groups is 1. The molecule has 0 radical (unpaired) electrons. The van der Waals surface area contributed by atoms with Gasteiger partial charge in [-0.3, -0.25) is 4.79 Å². The Balaban J connectivity index is 1.35. The van der Waals surface area contributed by atoms with Gasteiger partial charge in [0.1, 0.15) is 0 Å². The molecule has 0 spiro atoms. The summed E-state index contributed by atoms with van der Waals surface area (Å²) in [4.78, 5) is 13.0. The smallest absolute Gasteiger partial charge is 0.237 e. The standard InChI is InChI=1S/C24H37N3O3S/c1-15-10-16(2)23(17(3)11-15)31(29,30)20-6-4-18(5-7-20)13-26-24(28)22-12-19-14-25-9-8-21(19)27-22/h4-7,15-17,19,21-23,25,27H,8-14H2,1-3H3,(H,26,28). The van der Waals surface area contributed by atoms with E-state index in [-0.39, 0.29) is 29.0 Å². The number of piperidine rings is 1. The van der Waals surface area contributed by atoms with Gasteiger partial charge < -0.3 is 16.0 Å². The van der Waals surface area contributed by atoms with Gasteiger partial charge in [-0.15, -0.1) is 0 Å². The van der Waals surface area contributed by atoms with Crippen molar-refractivity contribution in [2.24, 2.45) is 23.7 Å². The van der Waals surface area contributed by atoms with E-state index in [1.807, 2.05) is 12.1 Å². The van der Waals surface area contributed by atoms with Crippen molar-refractivity contribution in [3.8, 4) is 0 Å². The first kappa shape index (κ1) is 22.7. The Kier molecular flexibility index (Phi) is 6.75. The molecule has 2 saturated heterocycles. The summed E-state index contributed by atoms with van der Waals surface area (Å²) in [6, 6.07) is 7.39. The second-order valence-electron chi connectivity index (χ2n) is 10.2. The van der Waals surface area contributed by atoms with E-state index in [0.29, 0.717) is 29.3 Å². The molecule has 2 heterocycles. The van der Waals surface area contributed by atoms with Crippen LogP contribution in [0.3, 0.4) is 0 Å². The molecule has 5 atom stereocenters. The monoisotopic (exact) mass is 447 g/mol. The molecule has 3 aliphatic rings. The molecule has 1 aliphatic carbocycles. The van der Waals surface area contributed by atoms with Crippen molar-refractivity contribution in [1.29, 1.82) is 0 Å². The van der Waals surface area contributed by atoms with Crippen LogP contribution in [0.4, 0.5) is 0 Å². The molecule has 6 nitrogen and oxygen atoms in total. The fourth-order valence-electron chi connectivity index (χ4n) is 6.27. The van der Waals surface area contributed by atoms with Crippen molar-refractivity contribution >= 4 is 15.7 Å². The van der Waals surface area contributed by atoms with Crippen LogP contribution in [-0.4, -0.2) is 44.7 Å². The summed E-state index contributed by atoms with van der Waals surface area (Å²) < 4.78 is 26.6. The number of nitrogens with one attached hydrogen (secondary N) is 3. The van der Waals surface area contributed by atoms with Crippen LogP contribution >= 0.6 is 0 Å². The third kappa shape index (κ3) is 4.83. The van der Waals surface area contributed by atoms with Crippen LogP contribution in [0.2, 0.25) is 0 Å². The zero-order valence-electron chi connectivity index (χ0n) is 18.9. The second-order valence-corrected chi connectivity index (χ2v) is 12.3. The minimum atomic E-state index is -3.36. The van der Waals surface area contributed by atoms with Crippen LogP contribution in [-0.2, 0) is 21.2 Å². The average Bonchev–Trinajstić information content (AvgIpc) is 3.16. The van der Waals surface area contributed by atoms with Crippen molar-refractivity contribution in [2.75, 3.05) is 13.1 Å². The van der Waals surface area contributed by atoms with Gasteiger partial charge in [0.05, 0.1) is 16.2 Å². The first-order valence-electron chi connectivity index (χ1n) is 11.8. The average molecular weight is 448 g/mol. The SMILES string of the molecule is CC1CC(C)C(S(=O)(=O)c2ccc(CNC(=O)C3CC4CNCCC4N3)cc2)C(C)C1. The van der Waals surface area contributed by atoms with Gasteiger partial charge in [0.25, 0.3) is 0 Å². The van der Waals surface area contributed by atoms with Crippen molar-refractivity contribution in [2.45, 2.75) is 75.2 Å². The molecule has 0 bridgehead atoms. The Morgan fingerprint density at radius 3 is 2.39 bits per heavy atom. The molecule has 1 aromatic rings. The Hall–Kier alpha value is -1.44. The molecule has 172 valence electrons. The predicted octanol–water partition coefficient (Wildman–Crippen LogP) is 2.49.